The molecular weight excluding hydrogens is 747 g/mol. The van der Waals surface area contributed by atoms with Crippen LogP contribution in [0, 0.1) is 17.8 Å². The van der Waals surface area contributed by atoms with Crippen molar-refractivity contribution < 1.29 is 38.7 Å². The molecule has 1 aromatic carbocycles. The van der Waals surface area contributed by atoms with Gasteiger partial charge < -0.3 is 54.2 Å². The highest BCUT2D eigenvalue weighted by molar-refractivity contribution is 5.92. The summed E-state index contributed by atoms with van der Waals surface area (Å²) in [5.41, 5.74) is 17.5. The third-order valence-corrected chi connectivity index (χ3v) is 11.8. The molecule has 6 unspecified atom stereocenters. The van der Waals surface area contributed by atoms with E-state index in [2.05, 4.69) is 31.9 Å². The van der Waals surface area contributed by atoms with Gasteiger partial charge in [0.15, 0.2) is 0 Å². The van der Waals surface area contributed by atoms with Crippen molar-refractivity contribution in [3.63, 3.8) is 0 Å². The van der Waals surface area contributed by atoms with E-state index in [-0.39, 0.29) is 35.9 Å². The first-order valence-corrected chi connectivity index (χ1v) is 21.1. The van der Waals surface area contributed by atoms with Gasteiger partial charge in [0.25, 0.3) is 0 Å². The smallest absolute Gasteiger partial charge is 0.243 e. The van der Waals surface area contributed by atoms with Crippen LogP contribution < -0.4 is 49.1 Å². The Morgan fingerprint density at radius 2 is 1.02 bits per heavy atom. The van der Waals surface area contributed by atoms with Gasteiger partial charge in [-0.05, 0) is 108 Å². The summed E-state index contributed by atoms with van der Waals surface area (Å²) in [6.45, 7) is 2.29. The highest BCUT2D eigenvalue weighted by Crippen LogP contribution is 2.29. The van der Waals surface area contributed by atoms with Gasteiger partial charge in [-0.25, -0.2) is 0 Å². The van der Waals surface area contributed by atoms with Crippen molar-refractivity contribution in [1.29, 1.82) is 0 Å². The number of hydrogen-bond acceptors (Lipinski definition) is 10. The summed E-state index contributed by atoms with van der Waals surface area (Å²) < 4.78 is 0. The number of carbonyl (C=O) groups excluding carboxylic acids is 7. The molecule has 0 bridgehead atoms. The van der Waals surface area contributed by atoms with Crippen LogP contribution in [0.25, 0.3) is 0 Å². The van der Waals surface area contributed by atoms with Gasteiger partial charge in [-0.1, -0.05) is 31.4 Å². The lowest BCUT2D eigenvalue weighted by atomic mass is 9.97. The van der Waals surface area contributed by atoms with Gasteiger partial charge in [0, 0.05) is 31.5 Å². The van der Waals surface area contributed by atoms with Crippen LogP contribution in [0.1, 0.15) is 109 Å². The summed E-state index contributed by atoms with van der Waals surface area (Å²) in [6, 6.07) is 2.11. The third kappa shape index (κ3) is 13.7. The van der Waals surface area contributed by atoms with E-state index in [1.54, 1.807) is 12.1 Å². The van der Waals surface area contributed by atoms with Crippen molar-refractivity contribution >= 4 is 41.4 Å². The van der Waals surface area contributed by atoms with Gasteiger partial charge >= 0.3 is 0 Å². The molecule has 0 spiro atoms. The maximum absolute atomic E-state index is 14.0. The van der Waals surface area contributed by atoms with Crippen LogP contribution in [0.3, 0.4) is 0 Å². The lowest BCUT2D eigenvalue weighted by Crippen LogP contribution is -2.57. The van der Waals surface area contributed by atoms with Gasteiger partial charge in [0.05, 0.1) is 17.8 Å². The highest BCUT2D eigenvalue weighted by atomic mass is 16.3. The SMILES string of the molecule is CC(=O)NC1CCCC1C(=O)N[C@@H](CCCCN)C(=O)NC1CCCC1C(=O)N[C@@H](Cc1ccc(O)cc1)C(=O)NC1CCCC1C(=O)N[C@@H](CCCCN)C(N)=O. The van der Waals surface area contributed by atoms with Gasteiger partial charge in [-0.15, -0.1) is 0 Å². The van der Waals surface area contributed by atoms with Gasteiger partial charge in [0.2, 0.25) is 41.4 Å². The molecule has 322 valence electrons. The topological polar surface area (TPSA) is 290 Å². The first kappa shape index (κ1) is 45.9. The zero-order chi connectivity index (χ0) is 42.2. The molecular formula is C41H65N9O8. The first-order chi connectivity index (χ1) is 27.8. The van der Waals surface area contributed by atoms with E-state index in [0.29, 0.717) is 109 Å². The number of nitrogens with two attached hydrogens (primary N) is 3. The average molecular weight is 812 g/mol. The molecule has 17 nitrogen and oxygen atoms in total. The number of primary amides is 1. The highest BCUT2D eigenvalue weighted by Gasteiger charge is 2.40. The Hall–Kier alpha value is -4.77. The predicted molar refractivity (Wildman–Crippen MR) is 216 cm³/mol. The van der Waals surface area contributed by atoms with Crippen molar-refractivity contribution in [3.05, 3.63) is 29.8 Å². The van der Waals surface area contributed by atoms with Crippen LogP contribution in [0.2, 0.25) is 0 Å². The van der Waals surface area contributed by atoms with Crippen LogP contribution in [0.15, 0.2) is 24.3 Å². The lowest BCUT2D eigenvalue weighted by Gasteiger charge is -2.28. The van der Waals surface area contributed by atoms with Gasteiger partial charge in [0.1, 0.15) is 23.9 Å². The molecule has 3 aliphatic carbocycles. The average Bonchev–Trinajstić information content (AvgIpc) is 3.96. The van der Waals surface area contributed by atoms with Crippen molar-refractivity contribution in [1.82, 2.24) is 31.9 Å². The molecule has 0 aliphatic heterocycles. The molecule has 13 N–H and O–H groups in total. The number of amides is 7. The number of phenolic OH excluding ortho intramolecular Hbond substituents is 1. The minimum atomic E-state index is -1.06. The van der Waals surface area contributed by atoms with Crippen LogP contribution in [0.5, 0.6) is 5.75 Å². The Labute approximate surface area is 340 Å². The number of rotatable bonds is 22. The summed E-state index contributed by atoms with van der Waals surface area (Å²) in [7, 11) is 0. The van der Waals surface area contributed by atoms with Crippen LogP contribution in [-0.2, 0) is 40.0 Å². The first-order valence-electron chi connectivity index (χ1n) is 21.1. The molecule has 3 aliphatic rings. The number of nitrogens with one attached hydrogen (secondary N) is 6. The zero-order valence-electron chi connectivity index (χ0n) is 33.8. The molecule has 17 heteroatoms. The van der Waals surface area contributed by atoms with Crippen molar-refractivity contribution in [2.45, 2.75) is 146 Å². The molecule has 0 radical (unpaired) electrons. The predicted octanol–water partition coefficient (Wildman–Crippen LogP) is 0.00700. The molecule has 4 rings (SSSR count). The second-order valence-electron chi connectivity index (χ2n) is 16.2. The molecule has 0 aromatic heterocycles. The molecule has 9 atom stereocenters. The van der Waals surface area contributed by atoms with Gasteiger partial charge in [-0.2, -0.15) is 0 Å². The van der Waals surface area contributed by atoms with Crippen LogP contribution in [0.4, 0.5) is 0 Å². The fourth-order valence-electron chi connectivity index (χ4n) is 8.62. The van der Waals surface area contributed by atoms with Crippen molar-refractivity contribution in [2.24, 2.45) is 35.0 Å². The number of benzene rings is 1. The summed E-state index contributed by atoms with van der Waals surface area (Å²) in [4.78, 5) is 92.5. The maximum atomic E-state index is 14.0. The quantitative estimate of drug-likeness (QED) is 0.0700. The number of carbonyl (C=O) groups is 7. The van der Waals surface area contributed by atoms with Crippen LogP contribution in [-0.4, -0.2) is 95.8 Å². The standard InChI is InChI=1S/C41H65N9O8/c1-24(51)45-30-14-6-9-27(30)38(55)49-34(13-3-5-22-43)40(57)46-31-15-8-11-29(31)39(56)50-35(23-25-17-19-26(52)20-18-25)41(58)47-32-16-7-10-28(32)37(54)48-33(36(44)53)12-2-4-21-42/h17-20,27-35,52H,2-16,21-23,42-43H2,1H3,(H2,44,53)(H,45,51)(H,46,57)(H,47,58)(H,48,54)(H,49,55)(H,50,56)/t27?,28?,29?,30?,31?,32?,33-,34-,35-/m0/s1. The molecule has 0 heterocycles. The Morgan fingerprint density at radius 3 is 1.47 bits per heavy atom. The number of unbranched alkanes of at least 4 members (excludes halogenated alkanes) is 2. The molecule has 7 amide bonds. The second-order valence-corrected chi connectivity index (χ2v) is 16.2. The molecule has 1 aromatic rings. The largest absolute Gasteiger partial charge is 0.508 e. The van der Waals surface area contributed by atoms with E-state index in [4.69, 9.17) is 17.2 Å². The molecule has 0 saturated heterocycles. The summed E-state index contributed by atoms with van der Waals surface area (Å²) in [5, 5.41) is 27.3. The fourth-order valence-corrected chi connectivity index (χ4v) is 8.62. The monoisotopic (exact) mass is 811 g/mol. The number of phenols is 1. The Kier molecular flexibility index (Phi) is 18.2. The van der Waals surface area contributed by atoms with Crippen molar-refractivity contribution in [3.8, 4) is 5.75 Å². The summed E-state index contributed by atoms with van der Waals surface area (Å²) >= 11 is 0. The third-order valence-electron chi connectivity index (χ3n) is 11.8. The second kappa shape index (κ2) is 23.0. The summed E-state index contributed by atoms with van der Waals surface area (Å²) in [6.07, 6.45) is 8.72. The molecule has 3 fully saturated rings. The van der Waals surface area contributed by atoms with E-state index in [1.165, 1.54) is 19.1 Å². The fraction of sp³-hybridized carbons (Fsp3) is 0.683. The Balaban J connectivity index is 1.44. The molecule has 3 saturated carbocycles. The Bertz CT molecular complexity index is 1580. The van der Waals surface area contributed by atoms with E-state index in [0.717, 1.165) is 6.42 Å². The van der Waals surface area contributed by atoms with E-state index in [9.17, 15) is 38.7 Å². The maximum Gasteiger partial charge on any atom is 0.243 e. The van der Waals surface area contributed by atoms with Crippen molar-refractivity contribution in [2.75, 3.05) is 13.1 Å². The lowest BCUT2D eigenvalue weighted by molar-refractivity contribution is -0.134. The number of hydrogen-bond donors (Lipinski definition) is 10. The minimum Gasteiger partial charge on any atom is -0.508 e. The zero-order valence-corrected chi connectivity index (χ0v) is 33.8. The minimum absolute atomic E-state index is 0.0451. The van der Waals surface area contributed by atoms with Crippen LogP contribution >= 0.6 is 0 Å². The van der Waals surface area contributed by atoms with E-state index < -0.39 is 71.6 Å². The van der Waals surface area contributed by atoms with Gasteiger partial charge in [-0.3, -0.25) is 33.6 Å². The van der Waals surface area contributed by atoms with E-state index in [1.807, 2.05) is 0 Å². The summed E-state index contributed by atoms with van der Waals surface area (Å²) in [5.74, 6) is -4.54. The Morgan fingerprint density at radius 1 is 0.603 bits per heavy atom. The van der Waals surface area contributed by atoms with E-state index >= 15 is 0 Å². The molecule has 58 heavy (non-hydrogen) atoms. The normalized spacial score (nSPS) is 24.2. The number of aromatic hydroxyl groups is 1.